The van der Waals surface area contributed by atoms with Gasteiger partial charge in [0.1, 0.15) is 0 Å². The van der Waals surface area contributed by atoms with Gasteiger partial charge in [0.25, 0.3) is 0 Å². The zero-order valence-electron chi connectivity index (χ0n) is 10.9. The summed E-state index contributed by atoms with van der Waals surface area (Å²) >= 11 is 0. The molecular weight excluding hydrogens is 182 g/mol. The van der Waals surface area contributed by atoms with Crippen molar-refractivity contribution in [1.82, 2.24) is 5.32 Å². The van der Waals surface area contributed by atoms with Gasteiger partial charge in [-0.1, -0.05) is 39.3 Å². The van der Waals surface area contributed by atoms with Crippen molar-refractivity contribution in [2.24, 2.45) is 5.41 Å². The second kappa shape index (κ2) is 5.69. The number of nitrogens with one attached hydrogen (secondary N) is 1. The van der Waals surface area contributed by atoms with Crippen molar-refractivity contribution in [3.63, 3.8) is 0 Å². The second-order valence-electron chi connectivity index (χ2n) is 5.36. The minimum atomic E-state index is 0.388. The predicted molar refractivity (Wildman–Crippen MR) is 68.1 cm³/mol. The van der Waals surface area contributed by atoms with Crippen LogP contribution >= 0.6 is 0 Å². The highest BCUT2D eigenvalue weighted by Crippen LogP contribution is 2.33. The fourth-order valence-electron chi connectivity index (χ4n) is 2.44. The summed E-state index contributed by atoms with van der Waals surface area (Å²) in [6.45, 7) is 10.4. The lowest BCUT2D eigenvalue weighted by molar-refractivity contribution is 0.256. The SMILES string of the molecule is CCNC(C1=CCCCC1)C(C)(C)CC. The van der Waals surface area contributed by atoms with Gasteiger partial charge in [0.15, 0.2) is 0 Å². The Morgan fingerprint density at radius 1 is 1.33 bits per heavy atom. The van der Waals surface area contributed by atoms with E-state index in [2.05, 4.69) is 39.1 Å². The normalized spacial score (nSPS) is 19.9. The Morgan fingerprint density at radius 3 is 2.53 bits per heavy atom. The molecular formula is C14H27N. The predicted octanol–water partition coefficient (Wildman–Crippen LogP) is 3.90. The highest BCUT2D eigenvalue weighted by Gasteiger charge is 2.30. The molecule has 1 aliphatic rings. The molecule has 0 bridgehead atoms. The second-order valence-corrected chi connectivity index (χ2v) is 5.36. The molecule has 0 saturated carbocycles. The van der Waals surface area contributed by atoms with Crippen LogP contribution in [0, 0.1) is 5.41 Å². The van der Waals surface area contributed by atoms with E-state index in [1.807, 2.05) is 0 Å². The first-order valence-electron chi connectivity index (χ1n) is 6.54. The Balaban J connectivity index is 2.76. The zero-order valence-corrected chi connectivity index (χ0v) is 10.9. The summed E-state index contributed by atoms with van der Waals surface area (Å²) in [6, 6.07) is 0.591. The molecule has 0 aliphatic heterocycles. The maximum absolute atomic E-state index is 3.68. The van der Waals surface area contributed by atoms with Crippen LogP contribution in [0.25, 0.3) is 0 Å². The molecule has 1 nitrogen and oxygen atoms in total. The lowest BCUT2D eigenvalue weighted by Gasteiger charge is -2.37. The minimum Gasteiger partial charge on any atom is -0.310 e. The van der Waals surface area contributed by atoms with Crippen LogP contribution in [0.5, 0.6) is 0 Å². The van der Waals surface area contributed by atoms with E-state index >= 15 is 0 Å². The van der Waals surface area contributed by atoms with Gasteiger partial charge >= 0.3 is 0 Å². The zero-order chi connectivity index (χ0) is 11.3. The van der Waals surface area contributed by atoms with Gasteiger partial charge in [-0.2, -0.15) is 0 Å². The Morgan fingerprint density at radius 2 is 2.07 bits per heavy atom. The number of likely N-dealkylation sites (N-methyl/N-ethyl adjacent to an activating group) is 1. The van der Waals surface area contributed by atoms with Crippen LogP contribution in [-0.4, -0.2) is 12.6 Å². The fourth-order valence-corrected chi connectivity index (χ4v) is 2.44. The van der Waals surface area contributed by atoms with Gasteiger partial charge in [0.05, 0.1) is 0 Å². The van der Waals surface area contributed by atoms with Gasteiger partial charge in [-0.05, 0) is 44.1 Å². The van der Waals surface area contributed by atoms with E-state index in [1.54, 1.807) is 5.57 Å². The number of hydrogen-bond donors (Lipinski definition) is 1. The van der Waals surface area contributed by atoms with Gasteiger partial charge < -0.3 is 5.32 Å². The molecule has 1 aliphatic carbocycles. The third-order valence-corrected chi connectivity index (χ3v) is 3.80. The van der Waals surface area contributed by atoms with Gasteiger partial charge in [0.2, 0.25) is 0 Å². The van der Waals surface area contributed by atoms with E-state index in [1.165, 1.54) is 32.1 Å². The highest BCUT2D eigenvalue weighted by atomic mass is 14.9. The van der Waals surface area contributed by atoms with Crippen molar-refractivity contribution in [3.8, 4) is 0 Å². The van der Waals surface area contributed by atoms with Gasteiger partial charge in [-0.15, -0.1) is 0 Å². The van der Waals surface area contributed by atoms with Crippen LogP contribution < -0.4 is 5.32 Å². The molecule has 0 saturated heterocycles. The molecule has 1 unspecified atom stereocenters. The Labute approximate surface area is 95.3 Å². The molecule has 1 rings (SSSR count). The topological polar surface area (TPSA) is 12.0 Å². The number of rotatable bonds is 5. The summed E-state index contributed by atoms with van der Waals surface area (Å²) in [7, 11) is 0. The third-order valence-electron chi connectivity index (χ3n) is 3.80. The van der Waals surface area contributed by atoms with Crippen LogP contribution in [0.1, 0.15) is 59.8 Å². The van der Waals surface area contributed by atoms with E-state index in [0.29, 0.717) is 11.5 Å². The smallest absolute Gasteiger partial charge is 0.0330 e. The molecule has 0 aromatic heterocycles. The summed E-state index contributed by atoms with van der Waals surface area (Å²) in [5, 5.41) is 3.68. The molecule has 0 amide bonds. The van der Waals surface area contributed by atoms with Crippen LogP contribution in [0.15, 0.2) is 11.6 Å². The number of hydrogen-bond acceptors (Lipinski definition) is 1. The van der Waals surface area contributed by atoms with Crippen LogP contribution in [0.4, 0.5) is 0 Å². The molecule has 0 heterocycles. The molecule has 0 aromatic rings. The molecule has 1 heteroatoms. The quantitative estimate of drug-likeness (QED) is 0.677. The van der Waals surface area contributed by atoms with E-state index in [0.717, 1.165) is 6.54 Å². The standard InChI is InChI=1S/C14H27N/c1-5-14(3,4)13(15-6-2)12-10-8-7-9-11-12/h10,13,15H,5-9,11H2,1-4H3. The fraction of sp³-hybridized carbons (Fsp3) is 0.857. The van der Waals surface area contributed by atoms with Crippen LogP contribution in [0.2, 0.25) is 0 Å². The summed E-state index contributed by atoms with van der Waals surface area (Å²) in [5.41, 5.74) is 2.05. The first kappa shape index (κ1) is 12.8. The third kappa shape index (κ3) is 3.34. The van der Waals surface area contributed by atoms with Crippen LogP contribution in [0.3, 0.4) is 0 Å². The maximum Gasteiger partial charge on any atom is 0.0330 e. The number of allylic oxidation sites excluding steroid dienone is 1. The Bertz CT molecular complexity index is 215. The summed E-state index contributed by atoms with van der Waals surface area (Å²) < 4.78 is 0. The summed E-state index contributed by atoms with van der Waals surface area (Å²) in [6.07, 6.45) is 9.08. The lowest BCUT2D eigenvalue weighted by Crippen LogP contribution is -2.43. The van der Waals surface area contributed by atoms with Gasteiger partial charge in [-0.25, -0.2) is 0 Å². The molecule has 0 aromatic carbocycles. The summed E-state index contributed by atoms with van der Waals surface area (Å²) in [5.74, 6) is 0. The van der Waals surface area contributed by atoms with Crippen molar-refractivity contribution in [3.05, 3.63) is 11.6 Å². The Kier molecular flexibility index (Phi) is 4.85. The van der Waals surface area contributed by atoms with Crippen molar-refractivity contribution in [2.45, 2.75) is 65.8 Å². The van der Waals surface area contributed by atoms with E-state index in [-0.39, 0.29) is 0 Å². The van der Waals surface area contributed by atoms with Crippen molar-refractivity contribution in [2.75, 3.05) is 6.54 Å². The van der Waals surface area contributed by atoms with Crippen molar-refractivity contribution in [1.29, 1.82) is 0 Å². The van der Waals surface area contributed by atoms with Crippen molar-refractivity contribution >= 4 is 0 Å². The molecule has 0 fully saturated rings. The van der Waals surface area contributed by atoms with Crippen LogP contribution in [-0.2, 0) is 0 Å². The molecule has 0 spiro atoms. The summed E-state index contributed by atoms with van der Waals surface area (Å²) in [4.78, 5) is 0. The molecule has 0 radical (unpaired) electrons. The minimum absolute atomic E-state index is 0.388. The average molecular weight is 209 g/mol. The molecule has 1 atom stereocenters. The molecule has 1 N–H and O–H groups in total. The van der Waals surface area contributed by atoms with Gasteiger partial charge in [0, 0.05) is 6.04 Å². The first-order chi connectivity index (χ1) is 7.11. The van der Waals surface area contributed by atoms with E-state index < -0.39 is 0 Å². The molecule has 88 valence electrons. The lowest BCUT2D eigenvalue weighted by atomic mass is 9.75. The largest absolute Gasteiger partial charge is 0.310 e. The maximum atomic E-state index is 3.68. The van der Waals surface area contributed by atoms with Crippen molar-refractivity contribution < 1.29 is 0 Å². The first-order valence-corrected chi connectivity index (χ1v) is 6.54. The monoisotopic (exact) mass is 209 g/mol. The highest BCUT2D eigenvalue weighted by molar-refractivity contribution is 5.16. The Hall–Kier alpha value is -0.300. The van der Waals surface area contributed by atoms with Gasteiger partial charge in [-0.3, -0.25) is 0 Å². The average Bonchev–Trinajstić information content (AvgIpc) is 2.27. The van der Waals surface area contributed by atoms with E-state index in [9.17, 15) is 0 Å². The molecule has 15 heavy (non-hydrogen) atoms. The van der Waals surface area contributed by atoms with E-state index in [4.69, 9.17) is 0 Å².